The Morgan fingerprint density at radius 3 is 2.22 bits per heavy atom. The van der Waals surface area contributed by atoms with E-state index in [1.54, 1.807) is 4.57 Å². The molecule has 0 radical (unpaired) electrons. The third kappa shape index (κ3) is 2.93. The molecular weight excluding hydrogens is 341 g/mol. The zero-order chi connectivity index (χ0) is 19.4. The average molecular weight is 365 g/mol. The molecule has 6 heteroatoms. The maximum Gasteiger partial charge on any atom is 0.494 e. The highest BCUT2D eigenvalue weighted by Gasteiger charge is 2.51. The molecule has 1 saturated heterocycles. The summed E-state index contributed by atoms with van der Waals surface area (Å²) in [5, 5.41) is 0. The monoisotopic (exact) mass is 365 g/mol. The van der Waals surface area contributed by atoms with Crippen LogP contribution in [0, 0.1) is 0 Å². The van der Waals surface area contributed by atoms with Gasteiger partial charge in [0.05, 0.1) is 22.8 Å². The van der Waals surface area contributed by atoms with Crippen LogP contribution in [0.15, 0.2) is 57.7 Å². The first-order valence-corrected chi connectivity index (χ1v) is 9.25. The van der Waals surface area contributed by atoms with Crippen LogP contribution < -0.4 is 11.2 Å². The fraction of sp³-hybridized carbons (Fsp3) is 0.381. The second-order valence-corrected chi connectivity index (χ2v) is 8.14. The second kappa shape index (κ2) is 6.11. The van der Waals surface area contributed by atoms with Crippen molar-refractivity contribution < 1.29 is 13.7 Å². The Morgan fingerprint density at radius 2 is 1.59 bits per heavy atom. The van der Waals surface area contributed by atoms with Gasteiger partial charge in [-0.25, -0.2) is 4.79 Å². The molecule has 3 aromatic rings. The molecule has 140 valence electrons. The highest BCUT2D eigenvalue weighted by Crippen LogP contribution is 2.36. The van der Waals surface area contributed by atoms with Crippen LogP contribution in [0.25, 0.3) is 11.1 Å². The molecule has 1 unspecified atom stereocenters. The summed E-state index contributed by atoms with van der Waals surface area (Å²) in [5.41, 5.74) is 2.38. The average Bonchev–Trinajstić information content (AvgIpc) is 3.06. The molecule has 1 aromatic heterocycles. The Labute approximate surface area is 159 Å². The van der Waals surface area contributed by atoms with Crippen LogP contribution in [-0.2, 0) is 9.31 Å². The van der Waals surface area contributed by atoms with Gasteiger partial charge in [0.1, 0.15) is 0 Å². The van der Waals surface area contributed by atoms with Gasteiger partial charge in [-0.3, -0.25) is 4.57 Å². The van der Waals surface area contributed by atoms with Crippen molar-refractivity contribution in [2.24, 2.45) is 0 Å². The maximum absolute atomic E-state index is 12.5. The van der Waals surface area contributed by atoms with Crippen LogP contribution in [0.2, 0.25) is 0 Å². The van der Waals surface area contributed by atoms with Crippen molar-refractivity contribution in [3.8, 4) is 0 Å². The Kier molecular flexibility index (Phi) is 4.09. The summed E-state index contributed by atoms with van der Waals surface area (Å²) >= 11 is 0. The Bertz CT molecular complexity index is 1020. The van der Waals surface area contributed by atoms with E-state index in [0.29, 0.717) is 5.58 Å². The number of oxazole rings is 1. The van der Waals surface area contributed by atoms with Crippen molar-refractivity contribution in [3.63, 3.8) is 0 Å². The van der Waals surface area contributed by atoms with Gasteiger partial charge in [-0.15, -0.1) is 0 Å². The summed E-state index contributed by atoms with van der Waals surface area (Å²) < 4.78 is 19.4. The molecule has 2 heterocycles. The number of fused-ring (bicyclic) bond motifs is 1. The largest absolute Gasteiger partial charge is 0.494 e. The van der Waals surface area contributed by atoms with Crippen LogP contribution in [-0.4, -0.2) is 22.9 Å². The molecule has 1 aliphatic heterocycles. The standard InChI is InChI=1S/C21H24BNO4/c1-14(15-9-7-6-8-10-15)23-17-13-16(11-12-18(17)25-19(23)24)22-26-20(2,3)21(4,5)27-22/h6-14H,1-5H3. The quantitative estimate of drug-likeness (QED) is 0.667. The summed E-state index contributed by atoms with van der Waals surface area (Å²) in [6, 6.07) is 15.4. The van der Waals surface area contributed by atoms with Gasteiger partial charge in [-0.2, -0.15) is 0 Å². The van der Waals surface area contributed by atoms with Gasteiger partial charge in [0.2, 0.25) is 0 Å². The van der Waals surface area contributed by atoms with Crippen molar-refractivity contribution in [3.05, 3.63) is 64.6 Å². The molecule has 0 amide bonds. The lowest BCUT2D eigenvalue weighted by atomic mass is 9.79. The summed E-state index contributed by atoms with van der Waals surface area (Å²) in [4.78, 5) is 12.5. The van der Waals surface area contributed by atoms with Crippen LogP contribution >= 0.6 is 0 Å². The van der Waals surface area contributed by atoms with Crippen LogP contribution in [0.3, 0.4) is 0 Å². The van der Waals surface area contributed by atoms with Crippen molar-refractivity contribution in [1.82, 2.24) is 4.57 Å². The minimum atomic E-state index is -0.482. The van der Waals surface area contributed by atoms with Crippen molar-refractivity contribution in [2.45, 2.75) is 51.9 Å². The normalized spacial score (nSPS) is 19.5. The van der Waals surface area contributed by atoms with E-state index >= 15 is 0 Å². The van der Waals surface area contributed by atoms with Gasteiger partial charge < -0.3 is 13.7 Å². The van der Waals surface area contributed by atoms with Gasteiger partial charge in [0, 0.05) is 0 Å². The van der Waals surface area contributed by atoms with E-state index in [1.165, 1.54) is 0 Å². The minimum absolute atomic E-state index is 0.145. The predicted molar refractivity (Wildman–Crippen MR) is 106 cm³/mol. The predicted octanol–water partition coefficient (Wildman–Crippen LogP) is 3.50. The molecule has 5 nitrogen and oxygen atoms in total. The molecule has 0 bridgehead atoms. The number of hydrogen-bond donors (Lipinski definition) is 0. The van der Waals surface area contributed by atoms with E-state index in [4.69, 9.17) is 13.7 Å². The molecule has 2 aromatic carbocycles. The first kappa shape index (κ1) is 18.1. The first-order valence-electron chi connectivity index (χ1n) is 9.25. The minimum Gasteiger partial charge on any atom is -0.408 e. The maximum atomic E-state index is 12.5. The molecule has 0 N–H and O–H groups in total. The Hall–Kier alpha value is -2.31. The van der Waals surface area contributed by atoms with Gasteiger partial charge in [0.25, 0.3) is 0 Å². The molecular formula is C21H24BNO4. The number of aromatic nitrogens is 1. The van der Waals surface area contributed by atoms with Gasteiger partial charge in [0.15, 0.2) is 5.58 Å². The SMILES string of the molecule is CC(c1ccccc1)n1c(=O)oc2ccc(B3OC(C)(C)C(C)(C)O3)cc21. The van der Waals surface area contributed by atoms with Crippen molar-refractivity contribution in [1.29, 1.82) is 0 Å². The van der Waals surface area contributed by atoms with Gasteiger partial charge in [-0.1, -0.05) is 36.4 Å². The number of hydrogen-bond acceptors (Lipinski definition) is 4. The molecule has 27 heavy (non-hydrogen) atoms. The van der Waals surface area contributed by atoms with Crippen molar-refractivity contribution in [2.75, 3.05) is 0 Å². The van der Waals surface area contributed by atoms with Crippen molar-refractivity contribution >= 4 is 23.7 Å². The van der Waals surface area contributed by atoms with E-state index in [-0.39, 0.29) is 11.8 Å². The zero-order valence-electron chi connectivity index (χ0n) is 16.4. The molecule has 0 spiro atoms. The Balaban J connectivity index is 1.78. The van der Waals surface area contributed by atoms with Crippen LogP contribution in [0.4, 0.5) is 0 Å². The second-order valence-electron chi connectivity index (χ2n) is 8.14. The fourth-order valence-electron chi connectivity index (χ4n) is 3.42. The van der Waals surface area contributed by atoms with E-state index in [9.17, 15) is 4.79 Å². The lowest BCUT2D eigenvalue weighted by Gasteiger charge is -2.32. The highest BCUT2D eigenvalue weighted by molar-refractivity contribution is 6.62. The topological polar surface area (TPSA) is 53.6 Å². The fourth-order valence-corrected chi connectivity index (χ4v) is 3.42. The number of rotatable bonds is 3. The summed E-state index contributed by atoms with van der Waals surface area (Å²) in [5.74, 6) is -0.368. The smallest absolute Gasteiger partial charge is 0.408 e. The molecule has 1 atom stereocenters. The van der Waals surface area contributed by atoms with Crippen LogP contribution in [0.1, 0.15) is 46.2 Å². The highest BCUT2D eigenvalue weighted by atomic mass is 16.7. The number of benzene rings is 2. The van der Waals surface area contributed by atoms with E-state index < -0.39 is 18.3 Å². The van der Waals surface area contributed by atoms with Gasteiger partial charge >= 0.3 is 12.9 Å². The molecule has 0 aliphatic carbocycles. The summed E-state index contributed by atoms with van der Waals surface area (Å²) in [7, 11) is -0.482. The molecule has 1 aliphatic rings. The summed E-state index contributed by atoms with van der Waals surface area (Å²) in [6.45, 7) is 10.1. The van der Waals surface area contributed by atoms with E-state index in [1.807, 2.05) is 83.1 Å². The third-order valence-corrected chi connectivity index (χ3v) is 5.83. The summed E-state index contributed by atoms with van der Waals surface area (Å²) in [6.07, 6.45) is 0. The first-order chi connectivity index (χ1) is 12.7. The van der Waals surface area contributed by atoms with E-state index in [0.717, 1.165) is 16.5 Å². The van der Waals surface area contributed by atoms with Gasteiger partial charge in [-0.05, 0) is 57.8 Å². The Morgan fingerprint density at radius 1 is 0.963 bits per heavy atom. The lowest BCUT2D eigenvalue weighted by Crippen LogP contribution is -2.41. The molecule has 1 fully saturated rings. The third-order valence-electron chi connectivity index (χ3n) is 5.83. The zero-order valence-corrected chi connectivity index (χ0v) is 16.4. The van der Waals surface area contributed by atoms with E-state index in [2.05, 4.69) is 0 Å². The molecule has 4 rings (SSSR count). The molecule has 0 saturated carbocycles. The number of nitrogens with zero attached hydrogens (tertiary/aromatic N) is 1. The lowest BCUT2D eigenvalue weighted by molar-refractivity contribution is 0.00578. The van der Waals surface area contributed by atoms with Crippen LogP contribution in [0.5, 0.6) is 0 Å².